The summed E-state index contributed by atoms with van der Waals surface area (Å²) in [6.07, 6.45) is -0.582. The maximum atomic E-state index is 15.1. The van der Waals surface area contributed by atoms with Gasteiger partial charge in [0.15, 0.2) is 0 Å². The third-order valence-electron chi connectivity index (χ3n) is 6.29. The van der Waals surface area contributed by atoms with E-state index in [0.717, 1.165) is 17.5 Å². The number of hydrogen-bond acceptors (Lipinski definition) is 4. The van der Waals surface area contributed by atoms with Gasteiger partial charge in [0.05, 0.1) is 24.4 Å². The van der Waals surface area contributed by atoms with Crippen LogP contribution in [0.3, 0.4) is 0 Å². The van der Waals surface area contributed by atoms with Crippen molar-refractivity contribution in [2.24, 2.45) is 0 Å². The molecule has 178 valence electrons. The van der Waals surface area contributed by atoms with Crippen molar-refractivity contribution in [2.45, 2.75) is 50.5 Å². The summed E-state index contributed by atoms with van der Waals surface area (Å²) in [7, 11) is -3.69. The first-order valence-electron chi connectivity index (χ1n) is 11.2. The number of carbonyl (C=O) groups excluding carboxylic acids is 1. The zero-order valence-electron chi connectivity index (χ0n) is 18.4. The number of benzene rings is 2. The number of rotatable bonds is 7. The van der Waals surface area contributed by atoms with E-state index in [4.69, 9.17) is 4.74 Å². The number of carbonyl (C=O) groups is 1. The molecule has 33 heavy (non-hydrogen) atoms. The van der Waals surface area contributed by atoms with E-state index in [-0.39, 0.29) is 30.4 Å². The molecule has 0 unspecified atom stereocenters. The van der Waals surface area contributed by atoms with Crippen LogP contribution in [0.5, 0.6) is 0 Å². The molecule has 2 aromatic rings. The largest absolute Gasteiger partial charge is 0.368 e. The van der Waals surface area contributed by atoms with Crippen molar-refractivity contribution in [3.05, 3.63) is 59.9 Å². The van der Waals surface area contributed by atoms with Crippen LogP contribution in [0.4, 0.5) is 8.78 Å². The molecule has 9 heteroatoms. The van der Waals surface area contributed by atoms with Gasteiger partial charge in [0.1, 0.15) is 18.1 Å². The lowest BCUT2D eigenvalue weighted by atomic mass is 9.96. The Balaban J connectivity index is 1.64. The highest BCUT2D eigenvalue weighted by atomic mass is 32.2. The molecule has 1 N–H and O–H groups in total. The molecule has 1 amide bonds. The molecule has 2 aliphatic heterocycles. The summed E-state index contributed by atoms with van der Waals surface area (Å²) >= 11 is 0. The summed E-state index contributed by atoms with van der Waals surface area (Å²) in [6.45, 7) is 1.77. The first kappa shape index (κ1) is 23.8. The molecular formula is C24H28F2N2O4S. The molecule has 2 heterocycles. The zero-order chi connectivity index (χ0) is 23.6. The number of alkyl halides is 1. The maximum absolute atomic E-state index is 15.1. The molecule has 0 aromatic heterocycles. The number of likely N-dealkylation sites (tertiary alicyclic amines) is 1. The summed E-state index contributed by atoms with van der Waals surface area (Å²) < 4.78 is 61.3. The second-order valence-corrected chi connectivity index (χ2v) is 10.6. The minimum Gasteiger partial charge on any atom is -0.368 e. The van der Waals surface area contributed by atoms with Crippen LogP contribution in [0.15, 0.2) is 48.5 Å². The summed E-state index contributed by atoms with van der Waals surface area (Å²) in [5, 5.41) is 0. The summed E-state index contributed by atoms with van der Waals surface area (Å²) in [5.74, 6) is -0.839. The minimum atomic E-state index is -3.69. The van der Waals surface area contributed by atoms with Crippen molar-refractivity contribution in [3.8, 4) is 11.1 Å². The van der Waals surface area contributed by atoms with Crippen molar-refractivity contribution in [1.29, 1.82) is 0 Å². The van der Waals surface area contributed by atoms with Gasteiger partial charge < -0.3 is 9.64 Å². The smallest absolute Gasteiger partial charge is 0.252 e. The number of halogens is 2. The van der Waals surface area contributed by atoms with Gasteiger partial charge in [-0.05, 0) is 55.0 Å². The minimum absolute atomic E-state index is 0.183. The Morgan fingerprint density at radius 1 is 1.18 bits per heavy atom. The van der Waals surface area contributed by atoms with Gasteiger partial charge in [0, 0.05) is 6.61 Å². The lowest BCUT2D eigenvalue weighted by molar-refractivity contribution is -0.142. The summed E-state index contributed by atoms with van der Waals surface area (Å²) in [4.78, 5) is 14.5. The molecule has 2 saturated heterocycles. The molecule has 2 aromatic carbocycles. The first-order valence-corrected chi connectivity index (χ1v) is 12.8. The van der Waals surface area contributed by atoms with Crippen molar-refractivity contribution < 1.29 is 26.7 Å². The first-order chi connectivity index (χ1) is 15.8. The van der Waals surface area contributed by atoms with Crippen LogP contribution < -0.4 is 4.72 Å². The second kappa shape index (κ2) is 9.87. The lowest BCUT2D eigenvalue weighted by Crippen LogP contribution is -2.51. The van der Waals surface area contributed by atoms with Gasteiger partial charge >= 0.3 is 0 Å². The van der Waals surface area contributed by atoms with Crippen LogP contribution in [0.1, 0.15) is 25.3 Å². The Hall–Kier alpha value is -2.36. The number of nitrogens with one attached hydrogen (secondary N) is 1. The number of nitrogens with zero attached hydrogens (tertiary/aromatic N) is 1. The van der Waals surface area contributed by atoms with Crippen LogP contribution in [-0.2, 0) is 26.0 Å². The van der Waals surface area contributed by atoms with Crippen LogP contribution in [-0.4, -0.2) is 62.5 Å². The fourth-order valence-electron chi connectivity index (χ4n) is 4.55. The predicted octanol–water partition coefficient (Wildman–Crippen LogP) is 3.07. The normalized spacial score (nSPS) is 25.5. The van der Waals surface area contributed by atoms with E-state index in [0.29, 0.717) is 18.6 Å². The Labute approximate surface area is 193 Å². The van der Waals surface area contributed by atoms with Gasteiger partial charge in [-0.1, -0.05) is 36.4 Å². The summed E-state index contributed by atoms with van der Waals surface area (Å²) in [6, 6.07) is 11.8. The Morgan fingerprint density at radius 3 is 2.58 bits per heavy atom. The lowest BCUT2D eigenvalue weighted by Gasteiger charge is -2.30. The molecule has 0 spiro atoms. The van der Waals surface area contributed by atoms with Crippen molar-refractivity contribution >= 4 is 15.9 Å². The highest BCUT2D eigenvalue weighted by Gasteiger charge is 2.47. The molecule has 0 radical (unpaired) electrons. The Kier molecular flexibility index (Phi) is 7.11. The highest BCUT2D eigenvalue weighted by molar-refractivity contribution is 7.89. The topological polar surface area (TPSA) is 75.7 Å². The van der Waals surface area contributed by atoms with Gasteiger partial charge in [0.2, 0.25) is 10.0 Å². The third-order valence-corrected chi connectivity index (χ3v) is 7.68. The average molecular weight is 479 g/mol. The van der Waals surface area contributed by atoms with Crippen molar-refractivity contribution in [2.75, 3.05) is 18.9 Å². The number of ether oxygens (including phenoxy) is 1. The number of amides is 1. The van der Waals surface area contributed by atoms with E-state index in [2.05, 4.69) is 4.72 Å². The molecule has 2 fully saturated rings. The van der Waals surface area contributed by atoms with E-state index in [1.807, 2.05) is 24.3 Å². The fraction of sp³-hybridized carbons (Fsp3) is 0.458. The van der Waals surface area contributed by atoms with Gasteiger partial charge in [-0.15, -0.1) is 0 Å². The van der Waals surface area contributed by atoms with Crippen LogP contribution in [0, 0.1) is 5.82 Å². The van der Waals surface area contributed by atoms with Crippen LogP contribution >= 0.6 is 0 Å². The number of hydrogen-bond donors (Lipinski definition) is 1. The van der Waals surface area contributed by atoms with Gasteiger partial charge in [0.25, 0.3) is 5.91 Å². The average Bonchev–Trinajstić information content (AvgIpc) is 3.43. The highest BCUT2D eigenvalue weighted by Crippen LogP contribution is 2.29. The number of sulfonamides is 1. The molecule has 6 nitrogen and oxygen atoms in total. The fourth-order valence-corrected chi connectivity index (χ4v) is 5.44. The SMILES string of the molecule is CCS(=O)(=O)N[C@H]1[C@@H](F)CN(C(=O)[C@@H]2CCCO2)[C@H]1Cc1cccc(-c2cccc(F)c2)c1. The standard InChI is InChI=1S/C24H28F2N2O4S/c1-2-33(30,31)27-23-20(26)15-28(24(29)22-10-5-11-32-22)21(23)13-16-6-3-7-17(12-16)18-8-4-9-19(25)14-18/h3-4,6-9,12,14,20-23,27H,2,5,10-11,13,15H2,1H3/t20-,21-,22-,23-/m0/s1. The van der Waals surface area contributed by atoms with Gasteiger partial charge in [-0.25, -0.2) is 21.9 Å². The predicted molar refractivity (Wildman–Crippen MR) is 121 cm³/mol. The van der Waals surface area contributed by atoms with Gasteiger partial charge in [-0.3, -0.25) is 4.79 Å². The molecular weight excluding hydrogens is 450 g/mol. The van der Waals surface area contributed by atoms with E-state index in [1.54, 1.807) is 12.1 Å². The zero-order valence-corrected chi connectivity index (χ0v) is 19.2. The maximum Gasteiger partial charge on any atom is 0.252 e. The molecule has 0 aliphatic carbocycles. The molecule has 0 bridgehead atoms. The van der Waals surface area contributed by atoms with E-state index in [9.17, 15) is 17.6 Å². The molecule has 2 aliphatic rings. The molecule has 4 atom stereocenters. The molecule has 0 saturated carbocycles. The van der Waals surface area contributed by atoms with Crippen LogP contribution in [0.2, 0.25) is 0 Å². The van der Waals surface area contributed by atoms with E-state index < -0.39 is 34.4 Å². The van der Waals surface area contributed by atoms with Gasteiger partial charge in [-0.2, -0.15) is 0 Å². The third kappa shape index (κ3) is 5.42. The van der Waals surface area contributed by atoms with E-state index >= 15 is 4.39 Å². The quantitative estimate of drug-likeness (QED) is 0.664. The second-order valence-electron chi connectivity index (χ2n) is 8.54. The van der Waals surface area contributed by atoms with E-state index in [1.165, 1.54) is 24.0 Å². The Morgan fingerprint density at radius 2 is 1.91 bits per heavy atom. The Bertz CT molecular complexity index is 1110. The van der Waals surface area contributed by atoms with Crippen molar-refractivity contribution in [3.63, 3.8) is 0 Å². The monoisotopic (exact) mass is 478 g/mol. The van der Waals surface area contributed by atoms with Crippen LogP contribution in [0.25, 0.3) is 11.1 Å². The molecule has 4 rings (SSSR count). The summed E-state index contributed by atoms with van der Waals surface area (Å²) in [5.41, 5.74) is 2.27. The van der Waals surface area contributed by atoms with Crippen molar-refractivity contribution in [1.82, 2.24) is 9.62 Å².